The molecule has 0 spiro atoms. The van der Waals surface area contributed by atoms with Crippen LogP contribution < -0.4 is 0 Å². The van der Waals surface area contributed by atoms with Gasteiger partial charge in [-0.25, -0.2) is 0 Å². The molecule has 9 rings (SSSR count). The standard InChI is InChI=1S/2C15H9.C11H8N4.2Au/c2*1-2-11-7-8-13-10-12-5-3-4-6-14(12)15(13)9-11;1-2-4-11-10(3-1)13-8-15(11)9-14-6-5-12-7-14;;/h2*3-9H,10H2;1-6H,9H2;;/q2*-1;-2;;. The smallest absolute Gasteiger partial charge is 0.0558 e. The van der Waals surface area contributed by atoms with E-state index in [9.17, 15) is 0 Å². The molecule has 2 aliphatic rings. The fraction of sp³-hybridized carbons (Fsp3) is 0.0732. The van der Waals surface area contributed by atoms with Crippen molar-refractivity contribution in [2.45, 2.75) is 19.5 Å². The van der Waals surface area contributed by atoms with Gasteiger partial charge in [-0.05, 0) is 57.3 Å². The van der Waals surface area contributed by atoms with Crippen LogP contribution in [0.5, 0.6) is 0 Å². The molecule has 0 aliphatic heterocycles. The maximum absolute atomic E-state index is 7.14. The summed E-state index contributed by atoms with van der Waals surface area (Å²) in [7, 11) is 0. The maximum atomic E-state index is 7.14. The Morgan fingerprint density at radius 3 is 1.70 bits per heavy atom. The average Bonchev–Trinajstić information content (AvgIpc) is 3.90. The second kappa shape index (κ2) is 15.3. The topological polar surface area (TPSA) is 35.6 Å². The number of fused-ring (bicyclic) bond motifs is 7. The molecule has 6 heteroatoms. The van der Waals surface area contributed by atoms with Crippen molar-refractivity contribution in [3.8, 4) is 34.1 Å². The summed E-state index contributed by atoms with van der Waals surface area (Å²) in [6.07, 6.45) is 25.7. The number of rotatable bonds is 2. The molecular weight excluding hydrogens is 942 g/mol. The van der Waals surface area contributed by atoms with Crippen molar-refractivity contribution in [3.63, 3.8) is 0 Å². The van der Waals surface area contributed by atoms with Crippen LogP contribution >= 0.6 is 0 Å². The fourth-order valence-corrected chi connectivity index (χ4v) is 5.95. The molecule has 7 aromatic rings. The van der Waals surface area contributed by atoms with Crippen molar-refractivity contribution in [1.29, 1.82) is 0 Å². The molecular formula is C41H26Au2N4-4. The van der Waals surface area contributed by atoms with Gasteiger partial charge in [-0.1, -0.05) is 83.8 Å². The molecule has 5 aromatic carbocycles. The first-order chi connectivity index (χ1) is 22.2. The minimum absolute atomic E-state index is 0. The molecule has 0 atom stereocenters. The molecule has 0 N–H and O–H groups in total. The van der Waals surface area contributed by atoms with E-state index >= 15 is 0 Å². The molecule has 2 radical (unpaired) electrons. The number of aromatic nitrogens is 4. The molecule has 2 aromatic heterocycles. The zero-order valence-electron chi connectivity index (χ0n) is 25.1. The van der Waals surface area contributed by atoms with E-state index in [4.69, 9.17) is 12.8 Å². The Labute approximate surface area is 306 Å². The summed E-state index contributed by atoms with van der Waals surface area (Å²) in [6, 6.07) is 37.1. The third-order valence-corrected chi connectivity index (χ3v) is 8.15. The number of nitrogens with zero attached hydrogens (tertiary/aromatic N) is 4. The molecule has 2 aliphatic carbocycles. The van der Waals surface area contributed by atoms with Gasteiger partial charge < -0.3 is 31.9 Å². The van der Waals surface area contributed by atoms with Crippen molar-refractivity contribution in [2.24, 2.45) is 0 Å². The van der Waals surface area contributed by atoms with Crippen molar-refractivity contribution in [1.82, 2.24) is 19.1 Å². The molecule has 0 unspecified atom stereocenters. The first-order valence-corrected chi connectivity index (χ1v) is 14.7. The maximum Gasteiger partial charge on any atom is 0.0558 e. The Balaban J connectivity index is 0.000000135. The second-order valence-corrected chi connectivity index (χ2v) is 10.9. The quantitative estimate of drug-likeness (QED) is 0.101. The Bertz CT molecular complexity index is 2130. The summed E-state index contributed by atoms with van der Waals surface area (Å²) in [5, 5.41) is 0. The summed E-state index contributed by atoms with van der Waals surface area (Å²) in [5.41, 5.74) is 14.4. The van der Waals surface area contributed by atoms with Crippen molar-refractivity contribution < 1.29 is 44.8 Å². The predicted octanol–water partition coefficient (Wildman–Crippen LogP) is 7.73. The summed E-state index contributed by atoms with van der Waals surface area (Å²) in [4.78, 5) is 8.06. The SMILES string of the molecule is [Au].[Au].[C-]#Cc1ccc2c(c1)-c1ccccc1C2.[C-]#Cc1ccc2c(c1)-c1ccccc1C2.[c-]1nccn1Cn1[c-]nc2ccccc21. The Kier molecular flexibility index (Phi) is 11.0. The van der Waals surface area contributed by atoms with Gasteiger partial charge >= 0.3 is 0 Å². The van der Waals surface area contributed by atoms with Gasteiger partial charge in [0.1, 0.15) is 0 Å². The first-order valence-electron chi connectivity index (χ1n) is 14.7. The van der Waals surface area contributed by atoms with Gasteiger partial charge in [-0.15, -0.1) is 59.9 Å². The molecule has 4 nitrogen and oxygen atoms in total. The summed E-state index contributed by atoms with van der Waals surface area (Å²) >= 11 is 0. The Hall–Kier alpha value is -4.62. The molecule has 0 fully saturated rings. The third-order valence-electron chi connectivity index (χ3n) is 8.15. The molecule has 0 amide bonds. The van der Waals surface area contributed by atoms with Crippen LogP contribution in [0.2, 0.25) is 0 Å². The molecule has 0 saturated heterocycles. The zero-order valence-corrected chi connectivity index (χ0v) is 29.4. The number of imidazole rings is 2. The Morgan fingerprint density at radius 2 is 1.15 bits per heavy atom. The van der Waals surface area contributed by atoms with E-state index < -0.39 is 0 Å². The van der Waals surface area contributed by atoms with Gasteiger partial charge in [0.15, 0.2) is 0 Å². The predicted molar refractivity (Wildman–Crippen MR) is 177 cm³/mol. The molecule has 0 saturated carbocycles. The van der Waals surface area contributed by atoms with E-state index in [1.54, 1.807) is 6.20 Å². The number of para-hydroxylation sites is 2. The van der Waals surface area contributed by atoms with Gasteiger partial charge in [-0.2, -0.15) is 0 Å². The first kappa shape index (κ1) is 33.7. The minimum Gasteiger partial charge on any atom is -0.439 e. The third kappa shape index (κ3) is 7.20. The largest absolute Gasteiger partial charge is 0.439 e. The van der Waals surface area contributed by atoms with Crippen molar-refractivity contribution in [2.75, 3.05) is 0 Å². The normalized spacial score (nSPS) is 10.9. The van der Waals surface area contributed by atoms with E-state index in [1.807, 2.05) is 63.9 Å². The summed E-state index contributed by atoms with van der Waals surface area (Å²) in [5.74, 6) is 4.87. The van der Waals surface area contributed by atoms with E-state index in [-0.39, 0.29) is 44.8 Å². The number of benzene rings is 5. The van der Waals surface area contributed by atoms with Crippen LogP contribution in [0.25, 0.3) is 33.3 Å². The van der Waals surface area contributed by atoms with Gasteiger partial charge in [-0.3, -0.25) is 11.8 Å². The van der Waals surface area contributed by atoms with E-state index in [0.29, 0.717) is 6.67 Å². The van der Waals surface area contributed by atoms with Crippen molar-refractivity contribution >= 4 is 11.0 Å². The molecule has 47 heavy (non-hydrogen) atoms. The molecule has 2 heterocycles. The molecule has 0 bridgehead atoms. The van der Waals surface area contributed by atoms with Crippen LogP contribution in [0, 0.1) is 37.3 Å². The summed E-state index contributed by atoms with van der Waals surface area (Å²) < 4.78 is 3.79. The van der Waals surface area contributed by atoms with Crippen molar-refractivity contribution in [3.05, 3.63) is 180 Å². The fourth-order valence-electron chi connectivity index (χ4n) is 5.95. The summed E-state index contributed by atoms with van der Waals surface area (Å²) in [6.45, 7) is 0.639. The van der Waals surface area contributed by atoms with Crippen LogP contribution in [-0.2, 0) is 64.3 Å². The van der Waals surface area contributed by atoms with Gasteiger partial charge in [0.2, 0.25) is 0 Å². The second-order valence-electron chi connectivity index (χ2n) is 10.9. The number of hydrogen-bond acceptors (Lipinski definition) is 2. The minimum atomic E-state index is 0. The van der Waals surface area contributed by atoms with Crippen LogP contribution in [-0.4, -0.2) is 19.1 Å². The van der Waals surface area contributed by atoms with Gasteiger partial charge in [0, 0.05) is 57.4 Å². The van der Waals surface area contributed by atoms with Gasteiger partial charge in [0.05, 0.1) is 6.67 Å². The van der Waals surface area contributed by atoms with Crippen LogP contribution in [0.3, 0.4) is 0 Å². The van der Waals surface area contributed by atoms with E-state index in [1.165, 1.54) is 44.5 Å². The van der Waals surface area contributed by atoms with Crippen LogP contribution in [0.1, 0.15) is 33.4 Å². The Morgan fingerprint density at radius 1 is 0.617 bits per heavy atom. The monoisotopic (exact) mass is 968 g/mol. The number of hydrogen-bond donors (Lipinski definition) is 0. The zero-order chi connectivity index (χ0) is 30.6. The van der Waals surface area contributed by atoms with Gasteiger partial charge in [0.25, 0.3) is 0 Å². The molecule has 236 valence electrons. The van der Waals surface area contributed by atoms with Crippen LogP contribution in [0.4, 0.5) is 0 Å². The average molecular weight is 969 g/mol. The van der Waals surface area contributed by atoms with Crippen LogP contribution in [0.15, 0.2) is 122 Å². The van der Waals surface area contributed by atoms with E-state index in [2.05, 4.69) is 95.1 Å². The van der Waals surface area contributed by atoms with E-state index in [0.717, 1.165) is 35.0 Å².